The summed E-state index contributed by atoms with van der Waals surface area (Å²) in [6, 6.07) is 0. The van der Waals surface area contributed by atoms with Crippen LogP contribution in [0, 0.1) is 0 Å². The Labute approximate surface area is 63.8 Å². The maximum atomic E-state index is 9.23. The van der Waals surface area contributed by atoms with Crippen molar-refractivity contribution in [1.82, 2.24) is 0 Å². The van der Waals surface area contributed by atoms with Gasteiger partial charge in [0, 0.05) is 0 Å². The van der Waals surface area contributed by atoms with Gasteiger partial charge in [-0.1, -0.05) is 0 Å². The molecule has 0 radical (unpaired) electrons. The molecule has 1 fully saturated rings. The fourth-order valence-electron chi connectivity index (χ4n) is 1.12. The van der Waals surface area contributed by atoms with Crippen LogP contribution in [0.2, 0.25) is 0 Å². The van der Waals surface area contributed by atoms with Crippen molar-refractivity contribution in [2.75, 3.05) is 6.61 Å². The smallest absolute Gasteiger partial charge is 0.219 e. The molecule has 0 aromatic carbocycles. The van der Waals surface area contributed by atoms with E-state index in [4.69, 9.17) is 20.1 Å². The van der Waals surface area contributed by atoms with E-state index >= 15 is 0 Å². The van der Waals surface area contributed by atoms with Crippen molar-refractivity contribution in [3.63, 3.8) is 0 Å². The van der Waals surface area contributed by atoms with Crippen LogP contribution in [0.15, 0.2) is 0 Å². The van der Waals surface area contributed by atoms with Gasteiger partial charge in [0.2, 0.25) is 5.79 Å². The summed E-state index contributed by atoms with van der Waals surface area (Å²) in [5.41, 5.74) is 0. The van der Waals surface area contributed by atoms with Gasteiger partial charge in [0.1, 0.15) is 12.2 Å². The number of rotatable bonds is 1. The number of ether oxygens (including phenoxy) is 1. The fraction of sp³-hybridized carbons (Fsp3) is 1.00. The van der Waals surface area contributed by atoms with Crippen molar-refractivity contribution >= 4 is 0 Å². The summed E-state index contributed by atoms with van der Waals surface area (Å²) in [5, 5.41) is 36.0. The van der Waals surface area contributed by atoms with Crippen LogP contribution >= 0.6 is 0 Å². The van der Waals surface area contributed by atoms with Crippen LogP contribution in [0.4, 0.5) is 0 Å². The van der Waals surface area contributed by atoms with Crippen molar-refractivity contribution in [2.24, 2.45) is 0 Å². The summed E-state index contributed by atoms with van der Waals surface area (Å²) in [6.45, 7) is 0.775. The van der Waals surface area contributed by atoms with Crippen LogP contribution in [-0.2, 0) is 4.74 Å². The van der Waals surface area contributed by atoms with Crippen molar-refractivity contribution in [3.05, 3.63) is 0 Å². The molecule has 0 aliphatic carbocycles. The molecule has 1 rings (SSSR count). The molecule has 5 heteroatoms. The quantitative estimate of drug-likeness (QED) is 0.353. The minimum atomic E-state index is -2.00. The van der Waals surface area contributed by atoms with Crippen molar-refractivity contribution < 1.29 is 25.2 Å². The molecule has 0 aromatic rings. The third-order valence-electron chi connectivity index (χ3n) is 1.88. The van der Waals surface area contributed by atoms with Gasteiger partial charge in [0.25, 0.3) is 0 Å². The highest BCUT2D eigenvalue weighted by Crippen LogP contribution is 2.28. The maximum absolute atomic E-state index is 9.23. The predicted octanol–water partition coefficient (Wildman–Crippen LogP) is -2.19. The molecule has 0 amide bonds. The van der Waals surface area contributed by atoms with E-state index < -0.39 is 30.7 Å². The molecular formula is C6H12O5. The molecule has 0 bridgehead atoms. The number of hydrogen-bond donors (Lipinski definition) is 4. The van der Waals surface area contributed by atoms with Crippen molar-refractivity contribution in [2.45, 2.75) is 31.0 Å². The Morgan fingerprint density at radius 2 is 2.00 bits per heavy atom. The molecule has 66 valence electrons. The van der Waals surface area contributed by atoms with Crippen LogP contribution in [-0.4, -0.2) is 51.1 Å². The Hall–Kier alpha value is -0.200. The first kappa shape index (κ1) is 8.89. The minimum Gasteiger partial charge on any atom is -0.391 e. The van der Waals surface area contributed by atoms with Crippen LogP contribution in [0.1, 0.15) is 6.92 Å². The number of aliphatic hydroxyl groups is 4. The van der Waals surface area contributed by atoms with E-state index in [1.807, 2.05) is 0 Å². The van der Waals surface area contributed by atoms with Crippen LogP contribution < -0.4 is 0 Å². The third-order valence-corrected chi connectivity index (χ3v) is 1.88. The standard InChI is InChI=1S/C6H12O5/c1-3-4(8)5(9)6(10,2-7)11-3/h3-5,7-10H,2H2,1H3. The summed E-state index contributed by atoms with van der Waals surface area (Å²) in [6.07, 6.45) is -3.25. The second-order valence-electron chi connectivity index (χ2n) is 2.76. The Bertz CT molecular complexity index is 150. The molecule has 11 heavy (non-hydrogen) atoms. The number of aliphatic hydroxyl groups excluding tert-OH is 3. The molecule has 1 aliphatic heterocycles. The molecule has 1 aliphatic rings. The fourth-order valence-corrected chi connectivity index (χ4v) is 1.12. The topological polar surface area (TPSA) is 90.2 Å². The van der Waals surface area contributed by atoms with Gasteiger partial charge in [-0.25, -0.2) is 0 Å². The second kappa shape index (κ2) is 2.69. The molecule has 4 atom stereocenters. The Morgan fingerprint density at radius 1 is 1.45 bits per heavy atom. The minimum absolute atomic E-state index is 0.665. The van der Waals surface area contributed by atoms with E-state index in [0.29, 0.717) is 0 Å². The maximum Gasteiger partial charge on any atom is 0.219 e. The lowest BCUT2D eigenvalue weighted by molar-refractivity contribution is -0.243. The third kappa shape index (κ3) is 1.25. The highest BCUT2D eigenvalue weighted by atomic mass is 16.7. The van der Waals surface area contributed by atoms with Crippen LogP contribution in [0.3, 0.4) is 0 Å². The first-order chi connectivity index (χ1) is 5.01. The average molecular weight is 164 g/mol. The molecule has 4 N–H and O–H groups in total. The van der Waals surface area contributed by atoms with Gasteiger partial charge in [-0.3, -0.25) is 0 Å². The largest absolute Gasteiger partial charge is 0.391 e. The van der Waals surface area contributed by atoms with Gasteiger partial charge in [-0.2, -0.15) is 0 Å². The zero-order valence-corrected chi connectivity index (χ0v) is 6.14. The van der Waals surface area contributed by atoms with E-state index in [1.165, 1.54) is 6.92 Å². The zero-order chi connectivity index (χ0) is 8.65. The summed E-state index contributed by atoms with van der Waals surface area (Å²) in [5.74, 6) is -2.00. The highest BCUT2D eigenvalue weighted by Gasteiger charge is 2.51. The van der Waals surface area contributed by atoms with Gasteiger partial charge < -0.3 is 25.2 Å². The Kier molecular flexibility index (Phi) is 2.17. The lowest BCUT2D eigenvalue weighted by Crippen LogP contribution is -2.46. The van der Waals surface area contributed by atoms with Gasteiger partial charge in [0.05, 0.1) is 12.7 Å². The van der Waals surface area contributed by atoms with Crippen LogP contribution in [0.25, 0.3) is 0 Å². The van der Waals surface area contributed by atoms with E-state index in [2.05, 4.69) is 0 Å². The summed E-state index contributed by atoms with van der Waals surface area (Å²) in [7, 11) is 0. The van der Waals surface area contributed by atoms with E-state index in [9.17, 15) is 5.11 Å². The van der Waals surface area contributed by atoms with E-state index in [0.717, 1.165) is 0 Å². The molecule has 4 unspecified atom stereocenters. The van der Waals surface area contributed by atoms with Gasteiger partial charge in [-0.05, 0) is 6.92 Å². The summed E-state index contributed by atoms with van der Waals surface area (Å²) in [4.78, 5) is 0. The first-order valence-corrected chi connectivity index (χ1v) is 3.38. The summed E-state index contributed by atoms with van der Waals surface area (Å²) < 4.78 is 4.73. The van der Waals surface area contributed by atoms with Crippen LogP contribution in [0.5, 0.6) is 0 Å². The SMILES string of the molecule is CC1OC(O)(CO)C(O)C1O. The van der Waals surface area contributed by atoms with E-state index in [-0.39, 0.29) is 0 Å². The summed E-state index contributed by atoms with van der Waals surface area (Å²) >= 11 is 0. The molecule has 1 heterocycles. The average Bonchev–Trinajstić information content (AvgIpc) is 2.17. The van der Waals surface area contributed by atoms with Crippen molar-refractivity contribution in [3.8, 4) is 0 Å². The van der Waals surface area contributed by atoms with Gasteiger partial charge in [0.15, 0.2) is 0 Å². The highest BCUT2D eigenvalue weighted by molar-refractivity contribution is 4.93. The first-order valence-electron chi connectivity index (χ1n) is 3.38. The van der Waals surface area contributed by atoms with Gasteiger partial charge in [-0.15, -0.1) is 0 Å². The number of hydrogen-bond acceptors (Lipinski definition) is 5. The lowest BCUT2D eigenvalue weighted by Gasteiger charge is -2.22. The molecule has 0 aromatic heterocycles. The molecule has 1 saturated heterocycles. The normalized spacial score (nSPS) is 51.5. The Morgan fingerprint density at radius 3 is 2.18 bits per heavy atom. The van der Waals surface area contributed by atoms with Crippen molar-refractivity contribution in [1.29, 1.82) is 0 Å². The molecule has 5 nitrogen and oxygen atoms in total. The second-order valence-corrected chi connectivity index (χ2v) is 2.76. The predicted molar refractivity (Wildman–Crippen MR) is 34.6 cm³/mol. The monoisotopic (exact) mass is 164 g/mol. The van der Waals surface area contributed by atoms with E-state index in [1.54, 1.807) is 0 Å². The Balaban J connectivity index is 2.73. The molecule has 0 spiro atoms. The molecule has 0 saturated carbocycles. The lowest BCUT2D eigenvalue weighted by atomic mass is 10.1. The van der Waals surface area contributed by atoms with Gasteiger partial charge >= 0.3 is 0 Å². The zero-order valence-electron chi connectivity index (χ0n) is 6.14. The molecular weight excluding hydrogens is 152 g/mol.